The molecule has 0 spiro atoms. The molecule has 0 aromatic carbocycles. The van der Waals surface area contributed by atoms with E-state index in [1.807, 2.05) is 0 Å². The number of hydroxylamine groups is 2. The van der Waals surface area contributed by atoms with E-state index in [1.165, 1.54) is 14.2 Å². The molecule has 5 nitrogen and oxygen atoms in total. The summed E-state index contributed by atoms with van der Waals surface area (Å²) in [4.78, 5) is 16.2. The van der Waals surface area contributed by atoms with Crippen molar-refractivity contribution >= 4 is 15.7 Å². The normalized spacial score (nSPS) is 25.7. The third-order valence-corrected chi connectivity index (χ3v) is 4.60. The van der Waals surface area contributed by atoms with Gasteiger partial charge in [-0.3, -0.25) is 9.63 Å². The summed E-state index contributed by atoms with van der Waals surface area (Å²) in [6.45, 7) is 0. The lowest BCUT2D eigenvalue weighted by Crippen LogP contribution is -2.43. The van der Waals surface area contributed by atoms with E-state index in [0.29, 0.717) is 12.8 Å². The van der Waals surface area contributed by atoms with Gasteiger partial charge >= 0.3 is 0 Å². The zero-order valence-corrected chi connectivity index (χ0v) is 9.21. The van der Waals surface area contributed by atoms with Crippen molar-refractivity contribution in [3.63, 3.8) is 0 Å². The maximum Gasteiger partial charge on any atom is 0.264 e. The van der Waals surface area contributed by atoms with Gasteiger partial charge in [-0.1, -0.05) is 6.42 Å². The van der Waals surface area contributed by atoms with Crippen molar-refractivity contribution in [3.8, 4) is 0 Å². The van der Waals surface area contributed by atoms with Gasteiger partial charge in [0.15, 0.2) is 9.84 Å². The highest BCUT2D eigenvalue weighted by molar-refractivity contribution is 7.92. The van der Waals surface area contributed by atoms with E-state index in [1.54, 1.807) is 0 Å². The number of amides is 1. The molecule has 6 heteroatoms. The Hall–Kier alpha value is -0.620. The van der Waals surface area contributed by atoms with Gasteiger partial charge in [-0.15, -0.1) is 0 Å². The van der Waals surface area contributed by atoms with Gasteiger partial charge in [-0.25, -0.2) is 13.5 Å². The van der Waals surface area contributed by atoms with E-state index in [-0.39, 0.29) is 5.75 Å². The first kappa shape index (κ1) is 11.5. The Morgan fingerprint density at radius 1 is 1.43 bits per heavy atom. The van der Waals surface area contributed by atoms with E-state index in [4.69, 9.17) is 0 Å². The van der Waals surface area contributed by atoms with Crippen LogP contribution in [0.2, 0.25) is 0 Å². The topological polar surface area (TPSA) is 63.7 Å². The second-order valence-corrected chi connectivity index (χ2v) is 5.67. The Morgan fingerprint density at radius 3 is 2.57 bits per heavy atom. The summed E-state index contributed by atoms with van der Waals surface area (Å²) in [5.74, 6) is -0.353. The molecule has 1 fully saturated rings. The van der Waals surface area contributed by atoms with Crippen LogP contribution in [0.25, 0.3) is 0 Å². The van der Waals surface area contributed by atoms with Crippen molar-refractivity contribution in [3.05, 3.63) is 0 Å². The third-order valence-electron chi connectivity index (χ3n) is 2.44. The summed E-state index contributed by atoms with van der Waals surface area (Å²) in [7, 11) is -0.485. The molecule has 0 bridgehead atoms. The maximum absolute atomic E-state index is 11.6. The molecule has 82 valence electrons. The first-order valence-electron chi connectivity index (χ1n) is 4.52. The van der Waals surface area contributed by atoms with E-state index in [9.17, 15) is 13.2 Å². The minimum atomic E-state index is -3.25. The van der Waals surface area contributed by atoms with E-state index < -0.39 is 21.0 Å². The summed E-state index contributed by atoms with van der Waals surface area (Å²) >= 11 is 0. The summed E-state index contributed by atoms with van der Waals surface area (Å²) in [5, 5.41) is 0.0780. The first-order valence-corrected chi connectivity index (χ1v) is 6.24. The molecule has 1 rings (SSSR count). The zero-order valence-electron chi connectivity index (χ0n) is 8.39. The molecule has 1 saturated heterocycles. The minimum absolute atomic E-state index is 0.112. The smallest absolute Gasteiger partial charge is 0.264 e. The number of hydrogen-bond acceptors (Lipinski definition) is 4. The lowest BCUT2D eigenvalue weighted by Gasteiger charge is -2.24. The second kappa shape index (κ2) is 4.27. The van der Waals surface area contributed by atoms with Crippen LogP contribution in [0.5, 0.6) is 0 Å². The Morgan fingerprint density at radius 2 is 2.07 bits per heavy atom. The molecule has 1 aliphatic heterocycles. The van der Waals surface area contributed by atoms with Crippen LogP contribution < -0.4 is 0 Å². The summed E-state index contributed by atoms with van der Waals surface area (Å²) in [5.41, 5.74) is 0. The van der Waals surface area contributed by atoms with Crippen LogP contribution in [0.15, 0.2) is 0 Å². The largest absolute Gasteiger partial charge is 0.275 e. The molecule has 0 aliphatic carbocycles. The van der Waals surface area contributed by atoms with Gasteiger partial charge in [0.05, 0.1) is 12.9 Å². The highest BCUT2D eigenvalue weighted by atomic mass is 32.2. The van der Waals surface area contributed by atoms with E-state index >= 15 is 0 Å². The molecule has 0 N–H and O–H groups in total. The molecular formula is C8H15NO4S. The third kappa shape index (κ3) is 2.24. The standard InChI is InChI=1S/C8H15NO4S/c1-9(13-2)8(10)7-5-3-4-6-14(7,11)12/h7H,3-6H2,1-2H3. The van der Waals surface area contributed by atoms with Crippen LogP contribution in [0.1, 0.15) is 19.3 Å². The van der Waals surface area contributed by atoms with Gasteiger partial charge in [0.25, 0.3) is 5.91 Å². The summed E-state index contributed by atoms with van der Waals surface area (Å²) < 4.78 is 23.1. The van der Waals surface area contributed by atoms with Gasteiger partial charge < -0.3 is 0 Å². The molecular weight excluding hydrogens is 206 g/mol. The maximum atomic E-state index is 11.6. The van der Waals surface area contributed by atoms with Gasteiger partial charge in [0.2, 0.25) is 0 Å². The first-order chi connectivity index (χ1) is 6.49. The van der Waals surface area contributed by atoms with Crippen molar-refractivity contribution in [2.75, 3.05) is 19.9 Å². The van der Waals surface area contributed by atoms with Gasteiger partial charge in [-0.05, 0) is 12.8 Å². The van der Waals surface area contributed by atoms with Gasteiger partial charge in [0.1, 0.15) is 5.25 Å². The molecule has 0 aromatic rings. The number of carbonyl (C=O) groups is 1. The molecule has 0 radical (unpaired) electrons. The molecule has 0 saturated carbocycles. The molecule has 1 heterocycles. The fourth-order valence-electron chi connectivity index (χ4n) is 1.52. The average Bonchev–Trinajstić information content (AvgIpc) is 2.15. The number of carbonyl (C=O) groups excluding carboxylic acids is 1. The zero-order chi connectivity index (χ0) is 10.8. The highest BCUT2D eigenvalue weighted by Gasteiger charge is 2.36. The number of rotatable bonds is 2. The van der Waals surface area contributed by atoms with Crippen molar-refractivity contribution in [2.24, 2.45) is 0 Å². The van der Waals surface area contributed by atoms with Gasteiger partial charge in [0, 0.05) is 7.05 Å². The van der Waals surface area contributed by atoms with Crippen LogP contribution in [0.3, 0.4) is 0 Å². The number of hydrogen-bond donors (Lipinski definition) is 0. The highest BCUT2D eigenvalue weighted by Crippen LogP contribution is 2.20. The van der Waals surface area contributed by atoms with Crippen molar-refractivity contribution in [1.29, 1.82) is 0 Å². The Bertz CT molecular complexity index is 311. The Kier molecular flexibility index (Phi) is 3.49. The van der Waals surface area contributed by atoms with E-state index in [2.05, 4.69) is 4.84 Å². The van der Waals surface area contributed by atoms with Crippen molar-refractivity contribution in [1.82, 2.24) is 5.06 Å². The predicted octanol–water partition coefficient (Wildman–Crippen LogP) is -0.0265. The lowest BCUT2D eigenvalue weighted by atomic mass is 10.2. The summed E-state index contributed by atoms with van der Waals surface area (Å²) in [6.07, 6.45) is 1.85. The summed E-state index contributed by atoms with van der Waals surface area (Å²) in [6, 6.07) is 0. The SMILES string of the molecule is CON(C)C(=O)C1CCCCS1(=O)=O. The molecule has 1 amide bonds. The van der Waals surface area contributed by atoms with Crippen molar-refractivity contribution < 1.29 is 18.0 Å². The molecule has 1 aliphatic rings. The van der Waals surface area contributed by atoms with Crippen molar-refractivity contribution in [2.45, 2.75) is 24.5 Å². The molecule has 1 unspecified atom stereocenters. The van der Waals surface area contributed by atoms with Crippen LogP contribution in [0.4, 0.5) is 0 Å². The molecule has 14 heavy (non-hydrogen) atoms. The van der Waals surface area contributed by atoms with Crippen LogP contribution in [0, 0.1) is 0 Å². The monoisotopic (exact) mass is 221 g/mol. The Balaban J connectivity index is 2.80. The second-order valence-electron chi connectivity index (χ2n) is 3.37. The molecule has 1 atom stereocenters. The number of nitrogens with zero attached hydrogens (tertiary/aromatic N) is 1. The lowest BCUT2D eigenvalue weighted by molar-refractivity contribution is -0.168. The fourth-order valence-corrected chi connectivity index (χ4v) is 3.40. The van der Waals surface area contributed by atoms with Crippen LogP contribution >= 0.6 is 0 Å². The Labute approximate surface area is 83.9 Å². The van der Waals surface area contributed by atoms with Crippen LogP contribution in [-0.4, -0.2) is 44.5 Å². The van der Waals surface area contributed by atoms with Crippen LogP contribution in [-0.2, 0) is 19.5 Å². The number of sulfone groups is 1. The minimum Gasteiger partial charge on any atom is -0.275 e. The van der Waals surface area contributed by atoms with Gasteiger partial charge in [-0.2, -0.15) is 0 Å². The predicted molar refractivity (Wildman–Crippen MR) is 51.2 cm³/mol. The fraction of sp³-hybridized carbons (Fsp3) is 0.875. The molecule has 0 aromatic heterocycles. The quantitative estimate of drug-likeness (QED) is 0.614. The van der Waals surface area contributed by atoms with E-state index in [0.717, 1.165) is 11.5 Å². The average molecular weight is 221 g/mol.